The van der Waals surface area contributed by atoms with Gasteiger partial charge in [0.2, 0.25) is 5.91 Å². The maximum Gasteiger partial charge on any atom is 0.224 e. The van der Waals surface area contributed by atoms with Gasteiger partial charge in [-0.1, -0.05) is 17.7 Å². The number of ether oxygens (including phenoxy) is 2. The van der Waals surface area contributed by atoms with Crippen molar-refractivity contribution >= 4 is 17.5 Å². The molecule has 26 heavy (non-hydrogen) atoms. The van der Waals surface area contributed by atoms with Crippen LogP contribution in [0.15, 0.2) is 18.2 Å². The molecule has 1 aliphatic rings. The number of aromatic nitrogens is 2. The quantitative estimate of drug-likeness (QED) is 0.869. The smallest absolute Gasteiger partial charge is 0.224 e. The molecule has 7 heteroatoms. The van der Waals surface area contributed by atoms with Crippen molar-refractivity contribution in [2.75, 3.05) is 26.4 Å². The molecular weight excluding hydrogens is 354 g/mol. The molecule has 0 spiro atoms. The second kappa shape index (κ2) is 8.20. The molecule has 0 unspecified atom stereocenters. The summed E-state index contributed by atoms with van der Waals surface area (Å²) in [5.74, 6) is -0.0492. The summed E-state index contributed by atoms with van der Waals surface area (Å²) in [6.45, 7) is 8.01. The summed E-state index contributed by atoms with van der Waals surface area (Å²) >= 11 is 6.23. The largest absolute Gasteiger partial charge is 0.376 e. The zero-order chi connectivity index (χ0) is 18.7. The lowest BCUT2D eigenvalue weighted by atomic mass is 10.1. The van der Waals surface area contributed by atoms with Gasteiger partial charge in [-0.15, -0.1) is 0 Å². The van der Waals surface area contributed by atoms with Crippen LogP contribution in [0, 0.1) is 20.8 Å². The molecule has 0 bridgehead atoms. The van der Waals surface area contributed by atoms with Gasteiger partial charge in [-0.05, 0) is 38.5 Å². The van der Waals surface area contributed by atoms with E-state index >= 15 is 0 Å². The fourth-order valence-electron chi connectivity index (χ4n) is 3.00. The third-order valence-corrected chi connectivity index (χ3v) is 5.00. The number of halogens is 1. The monoisotopic (exact) mass is 377 g/mol. The fraction of sp³-hybridized carbons (Fsp3) is 0.474. The molecule has 140 valence electrons. The molecule has 2 heterocycles. The summed E-state index contributed by atoms with van der Waals surface area (Å²) in [4.78, 5) is 12.3. The van der Waals surface area contributed by atoms with E-state index in [1.807, 2.05) is 43.7 Å². The first-order valence-electron chi connectivity index (χ1n) is 8.73. The molecule has 0 aliphatic carbocycles. The highest BCUT2D eigenvalue weighted by molar-refractivity contribution is 6.31. The number of nitrogens with one attached hydrogen (secondary N) is 1. The van der Waals surface area contributed by atoms with E-state index in [9.17, 15) is 4.79 Å². The molecule has 1 amide bonds. The van der Waals surface area contributed by atoms with Gasteiger partial charge in [0.25, 0.3) is 0 Å². The number of aryl methyl sites for hydroxylation is 2. The Bertz CT molecular complexity index is 798. The molecule has 1 saturated heterocycles. The molecule has 1 fully saturated rings. The summed E-state index contributed by atoms with van der Waals surface area (Å²) in [5, 5.41) is 8.20. The highest BCUT2D eigenvalue weighted by Crippen LogP contribution is 2.23. The molecule has 1 aromatic carbocycles. The van der Waals surface area contributed by atoms with Crippen molar-refractivity contribution in [1.82, 2.24) is 15.1 Å². The number of nitrogens with zero attached hydrogens (tertiary/aromatic N) is 2. The summed E-state index contributed by atoms with van der Waals surface area (Å²) in [6.07, 6.45) is 0.206. The lowest BCUT2D eigenvalue weighted by Crippen LogP contribution is -2.40. The van der Waals surface area contributed by atoms with Crippen molar-refractivity contribution in [2.24, 2.45) is 0 Å². The number of carbonyl (C=O) groups excluding carboxylic acids is 1. The van der Waals surface area contributed by atoms with Crippen LogP contribution in [-0.2, 0) is 20.7 Å². The van der Waals surface area contributed by atoms with Crippen molar-refractivity contribution in [1.29, 1.82) is 0 Å². The Morgan fingerprint density at radius 3 is 2.85 bits per heavy atom. The highest BCUT2D eigenvalue weighted by atomic mass is 35.5. The summed E-state index contributed by atoms with van der Waals surface area (Å²) in [7, 11) is 0. The molecule has 6 nitrogen and oxygen atoms in total. The molecule has 0 saturated carbocycles. The van der Waals surface area contributed by atoms with Crippen LogP contribution in [0.3, 0.4) is 0 Å². The van der Waals surface area contributed by atoms with E-state index < -0.39 is 0 Å². The maximum atomic E-state index is 12.3. The Hall–Kier alpha value is -1.89. The minimum Gasteiger partial charge on any atom is -0.376 e. The molecule has 1 aromatic heterocycles. The lowest BCUT2D eigenvalue weighted by molar-refractivity contribution is -0.123. The third kappa shape index (κ3) is 4.26. The van der Waals surface area contributed by atoms with Gasteiger partial charge in [0.15, 0.2) is 0 Å². The number of benzene rings is 1. The number of hydrogen-bond donors (Lipinski definition) is 1. The topological polar surface area (TPSA) is 65.4 Å². The van der Waals surface area contributed by atoms with E-state index in [0.29, 0.717) is 31.4 Å². The predicted octanol–water partition coefficient (Wildman–Crippen LogP) is 2.53. The Morgan fingerprint density at radius 1 is 1.35 bits per heavy atom. The predicted molar refractivity (Wildman–Crippen MR) is 100 cm³/mol. The molecule has 1 atom stereocenters. The molecule has 1 N–H and O–H groups in total. The summed E-state index contributed by atoms with van der Waals surface area (Å²) < 4.78 is 12.7. The van der Waals surface area contributed by atoms with Crippen LogP contribution in [0.2, 0.25) is 5.02 Å². The maximum absolute atomic E-state index is 12.3. The standard InChI is InChI=1S/C19H24ClN3O3/c1-12-4-5-15(8-18(12)20)23-14(3)17(13(2)22-23)9-19(24)21-10-16-11-25-6-7-26-16/h4-5,8,16H,6-7,9-11H2,1-3H3,(H,21,24)/t16-/m1/s1. The van der Waals surface area contributed by atoms with Crippen LogP contribution in [0.4, 0.5) is 0 Å². The van der Waals surface area contributed by atoms with Gasteiger partial charge in [0.05, 0.1) is 43.7 Å². The average molecular weight is 378 g/mol. The number of hydrogen-bond acceptors (Lipinski definition) is 4. The Morgan fingerprint density at radius 2 is 2.15 bits per heavy atom. The van der Waals surface area contributed by atoms with E-state index in [1.165, 1.54) is 0 Å². The number of amides is 1. The van der Waals surface area contributed by atoms with Gasteiger partial charge < -0.3 is 14.8 Å². The van der Waals surface area contributed by atoms with Crippen LogP contribution in [0.1, 0.15) is 22.5 Å². The fourth-order valence-corrected chi connectivity index (χ4v) is 3.18. The highest BCUT2D eigenvalue weighted by Gasteiger charge is 2.18. The first-order valence-corrected chi connectivity index (χ1v) is 9.11. The Kier molecular flexibility index (Phi) is 5.96. The van der Waals surface area contributed by atoms with E-state index in [-0.39, 0.29) is 18.4 Å². The van der Waals surface area contributed by atoms with Crippen LogP contribution in [0.25, 0.3) is 5.69 Å². The first-order chi connectivity index (χ1) is 12.5. The van der Waals surface area contributed by atoms with Gasteiger partial charge in [0.1, 0.15) is 0 Å². The van der Waals surface area contributed by atoms with Crippen LogP contribution in [0.5, 0.6) is 0 Å². The zero-order valence-electron chi connectivity index (χ0n) is 15.3. The zero-order valence-corrected chi connectivity index (χ0v) is 16.1. The van der Waals surface area contributed by atoms with Gasteiger partial charge in [-0.3, -0.25) is 4.79 Å². The molecular formula is C19H24ClN3O3. The molecule has 1 aliphatic heterocycles. The summed E-state index contributed by atoms with van der Waals surface area (Å²) in [6, 6.07) is 5.83. The van der Waals surface area contributed by atoms with Gasteiger partial charge >= 0.3 is 0 Å². The third-order valence-electron chi connectivity index (χ3n) is 4.59. The van der Waals surface area contributed by atoms with Crippen LogP contribution < -0.4 is 5.32 Å². The Labute approximate surface area is 158 Å². The molecule has 0 radical (unpaired) electrons. The second-order valence-electron chi connectivity index (χ2n) is 6.54. The van der Waals surface area contributed by atoms with Crippen LogP contribution in [-0.4, -0.2) is 48.2 Å². The van der Waals surface area contributed by atoms with Crippen molar-refractivity contribution in [3.63, 3.8) is 0 Å². The number of carbonyl (C=O) groups is 1. The SMILES string of the molecule is Cc1ccc(-n2nc(C)c(CC(=O)NC[C@@H]3COCCO3)c2C)cc1Cl. The van der Waals surface area contributed by atoms with Gasteiger partial charge in [-0.25, -0.2) is 4.68 Å². The Balaban J connectivity index is 1.69. The van der Waals surface area contributed by atoms with Gasteiger partial charge in [0, 0.05) is 22.8 Å². The normalized spacial score (nSPS) is 17.3. The average Bonchev–Trinajstić information content (AvgIpc) is 2.91. The first kappa shape index (κ1) is 18.9. The second-order valence-corrected chi connectivity index (χ2v) is 6.95. The van der Waals surface area contributed by atoms with Crippen molar-refractivity contribution in [2.45, 2.75) is 33.3 Å². The van der Waals surface area contributed by atoms with Gasteiger partial charge in [-0.2, -0.15) is 5.10 Å². The molecule has 2 aromatic rings. The van der Waals surface area contributed by atoms with E-state index in [1.54, 1.807) is 0 Å². The van der Waals surface area contributed by atoms with Crippen molar-refractivity contribution in [3.8, 4) is 5.69 Å². The summed E-state index contributed by atoms with van der Waals surface area (Å²) in [5.41, 5.74) is 4.62. The van der Waals surface area contributed by atoms with E-state index in [0.717, 1.165) is 28.2 Å². The van der Waals surface area contributed by atoms with Crippen molar-refractivity contribution in [3.05, 3.63) is 45.7 Å². The lowest BCUT2D eigenvalue weighted by Gasteiger charge is -2.23. The van der Waals surface area contributed by atoms with Crippen LogP contribution >= 0.6 is 11.6 Å². The van der Waals surface area contributed by atoms with Crippen molar-refractivity contribution < 1.29 is 14.3 Å². The van der Waals surface area contributed by atoms with E-state index in [2.05, 4.69) is 10.4 Å². The minimum atomic E-state index is -0.0766. The number of rotatable bonds is 5. The minimum absolute atomic E-state index is 0.0492. The molecule has 3 rings (SSSR count). The van der Waals surface area contributed by atoms with E-state index in [4.69, 9.17) is 21.1 Å².